The van der Waals surface area contributed by atoms with Crippen LogP contribution in [0.25, 0.3) is 5.69 Å². The van der Waals surface area contributed by atoms with Crippen LogP contribution in [0.4, 0.5) is 5.69 Å². The number of aromatic nitrogens is 3. The molecular weight excluding hydrogens is 354 g/mol. The molecule has 1 aromatic carbocycles. The number of nitrogens with one attached hydrogen (secondary N) is 1. The predicted octanol–water partition coefficient (Wildman–Crippen LogP) is 2.22. The molecule has 2 aromatic heterocycles. The standard InChI is InChI=1S/C21H23N5O2/c1-16-14-18(8-9-22-16)24-10-5-11-25(13-12-24)21(28)19-15-20(27)26(23-19)17-6-3-2-4-7-17/h2-4,6-9,14-15,23H,5,10-13H2,1H3. The third-order valence-corrected chi connectivity index (χ3v) is 4.99. The molecule has 0 aliphatic carbocycles. The van der Waals surface area contributed by atoms with Gasteiger partial charge in [0.05, 0.1) is 5.69 Å². The summed E-state index contributed by atoms with van der Waals surface area (Å²) in [6, 6.07) is 14.7. The highest BCUT2D eigenvalue weighted by Crippen LogP contribution is 2.17. The summed E-state index contributed by atoms with van der Waals surface area (Å²) in [6.07, 6.45) is 2.69. The van der Waals surface area contributed by atoms with Gasteiger partial charge in [0, 0.05) is 49.8 Å². The molecule has 28 heavy (non-hydrogen) atoms. The van der Waals surface area contributed by atoms with Crippen LogP contribution in [0, 0.1) is 6.92 Å². The first-order chi connectivity index (χ1) is 13.6. The van der Waals surface area contributed by atoms with Gasteiger partial charge in [0.25, 0.3) is 11.5 Å². The Morgan fingerprint density at radius 2 is 1.82 bits per heavy atom. The lowest BCUT2D eigenvalue weighted by atomic mass is 10.3. The minimum Gasteiger partial charge on any atom is -0.370 e. The van der Waals surface area contributed by atoms with E-state index in [1.54, 1.807) is 0 Å². The van der Waals surface area contributed by atoms with Gasteiger partial charge in [-0.05, 0) is 37.6 Å². The van der Waals surface area contributed by atoms with Crippen molar-refractivity contribution in [2.24, 2.45) is 0 Å². The average molecular weight is 377 g/mol. The summed E-state index contributed by atoms with van der Waals surface area (Å²) >= 11 is 0. The fourth-order valence-electron chi connectivity index (χ4n) is 3.55. The number of aryl methyl sites for hydroxylation is 1. The van der Waals surface area contributed by atoms with Gasteiger partial charge in [0.15, 0.2) is 0 Å². The zero-order valence-electron chi connectivity index (χ0n) is 15.8. The summed E-state index contributed by atoms with van der Waals surface area (Å²) < 4.78 is 1.40. The molecule has 0 atom stereocenters. The summed E-state index contributed by atoms with van der Waals surface area (Å²) in [7, 11) is 0. The van der Waals surface area contributed by atoms with Crippen LogP contribution in [0.1, 0.15) is 22.6 Å². The van der Waals surface area contributed by atoms with Crippen molar-refractivity contribution in [3.63, 3.8) is 0 Å². The molecule has 1 N–H and O–H groups in total. The Labute approximate surface area is 163 Å². The molecule has 0 radical (unpaired) electrons. The number of aromatic amines is 1. The Balaban J connectivity index is 1.49. The molecule has 0 unspecified atom stereocenters. The molecule has 3 heterocycles. The van der Waals surface area contributed by atoms with Gasteiger partial charge in [0.2, 0.25) is 0 Å². The molecule has 0 saturated carbocycles. The summed E-state index contributed by atoms with van der Waals surface area (Å²) in [5.41, 5.74) is 2.90. The second kappa shape index (κ2) is 7.72. The Morgan fingerprint density at radius 1 is 1.00 bits per heavy atom. The molecule has 144 valence electrons. The third-order valence-electron chi connectivity index (χ3n) is 4.99. The maximum atomic E-state index is 13.0. The lowest BCUT2D eigenvalue weighted by Crippen LogP contribution is -2.35. The molecular formula is C21H23N5O2. The van der Waals surface area contributed by atoms with E-state index in [1.165, 1.54) is 10.7 Å². The number of benzene rings is 1. The molecule has 7 heteroatoms. The fourth-order valence-corrected chi connectivity index (χ4v) is 3.55. The van der Waals surface area contributed by atoms with Crippen LogP contribution < -0.4 is 10.5 Å². The lowest BCUT2D eigenvalue weighted by Gasteiger charge is -2.23. The Morgan fingerprint density at radius 3 is 2.61 bits per heavy atom. The largest absolute Gasteiger partial charge is 0.370 e. The minimum absolute atomic E-state index is 0.139. The first kappa shape index (κ1) is 18.0. The number of pyridine rings is 1. The van der Waals surface area contributed by atoms with E-state index in [0.29, 0.717) is 24.5 Å². The van der Waals surface area contributed by atoms with Gasteiger partial charge in [-0.15, -0.1) is 0 Å². The number of carbonyl (C=O) groups is 1. The van der Waals surface area contributed by atoms with Gasteiger partial charge in [-0.2, -0.15) is 0 Å². The highest BCUT2D eigenvalue weighted by molar-refractivity contribution is 5.92. The Bertz CT molecular complexity index is 1020. The molecule has 7 nitrogen and oxygen atoms in total. The molecule has 1 aliphatic heterocycles. The Hall–Kier alpha value is -3.35. The van der Waals surface area contributed by atoms with Crippen LogP contribution in [-0.2, 0) is 0 Å². The topological polar surface area (TPSA) is 74.2 Å². The molecule has 1 saturated heterocycles. The van der Waals surface area contributed by atoms with Crippen molar-refractivity contribution in [2.75, 3.05) is 31.1 Å². The second-order valence-electron chi connectivity index (χ2n) is 6.97. The van der Waals surface area contributed by atoms with Gasteiger partial charge < -0.3 is 9.80 Å². The molecule has 1 amide bonds. The smallest absolute Gasteiger partial charge is 0.272 e. The number of hydrogen-bond donors (Lipinski definition) is 1. The zero-order chi connectivity index (χ0) is 19.5. The molecule has 4 rings (SSSR count). The van der Waals surface area contributed by atoms with Crippen LogP contribution in [0.3, 0.4) is 0 Å². The molecule has 1 aliphatic rings. The predicted molar refractivity (Wildman–Crippen MR) is 108 cm³/mol. The SMILES string of the molecule is Cc1cc(N2CCCN(C(=O)c3cc(=O)n(-c4ccccc4)[nH]3)CC2)ccn1. The second-order valence-corrected chi connectivity index (χ2v) is 6.97. The number of para-hydroxylation sites is 1. The van der Waals surface area contributed by atoms with E-state index in [2.05, 4.69) is 21.0 Å². The zero-order valence-corrected chi connectivity index (χ0v) is 15.8. The van der Waals surface area contributed by atoms with Crippen LogP contribution in [0.2, 0.25) is 0 Å². The third kappa shape index (κ3) is 3.69. The molecule has 1 fully saturated rings. The monoisotopic (exact) mass is 377 g/mol. The first-order valence-electron chi connectivity index (χ1n) is 9.46. The molecule has 0 spiro atoms. The van der Waals surface area contributed by atoms with E-state index in [9.17, 15) is 9.59 Å². The average Bonchev–Trinajstić information content (AvgIpc) is 2.94. The number of hydrogen-bond acceptors (Lipinski definition) is 4. The van der Waals surface area contributed by atoms with E-state index >= 15 is 0 Å². The van der Waals surface area contributed by atoms with Crippen molar-refractivity contribution in [3.8, 4) is 5.69 Å². The Kier molecular flexibility index (Phi) is 4.97. The van der Waals surface area contributed by atoms with Crippen molar-refractivity contribution in [2.45, 2.75) is 13.3 Å². The van der Waals surface area contributed by atoms with Gasteiger partial charge >= 0.3 is 0 Å². The van der Waals surface area contributed by atoms with E-state index in [-0.39, 0.29) is 11.5 Å². The van der Waals surface area contributed by atoms with Crippen LogP contribution >= 0.6 is 0 Å². The molecule has 0 bridgehead atoms. The van der Waals surface area contributed by atoms with Gasteiger partial charge in [-0.25, -0.2) is 4.68 Å². The number of rotatable bonds is 3. The number of carbonyl (C=O) groups excluding carboxylic acids is 1. The van der Waals surface area contributed by atoms with E-state index in [4.69, 9.17) is 0 Å². The summed E-state index contributed by atoms with van der Waals surface area (Å²) in [5, 5.41) is 2.96. The highest BCUT2D eigenvalue weighted by atomic mass is 16.2. The first-order valence-corrected chi connectivity index (χ1v) is 9.46. The normalized spacial score (nSPS) is 14.8. The van der Waals surface area contributed by atoms with Crippen molar-refractivity contribution in [3.05, 3.63) is 76.5 Å². The fraction of sp³-hybridized carbons (Fsp3) is 0.286. The summed E-state index contributed by atoms with van der Waals surface area (Å²) in [5.74, 6) is -0.139. The molecule has 3 aromatic rings. The number of nitrogens with zero attached hydrogens (tertiary/aromatic N) is 4. The van der Waals surface area contributed by atoms with Crippen LogP contribution in [-0.4, -0.2) is 51.8 Å². The van der Waals surface area contributed by atoms with Crippen LogP contribution in [0.15, 0.2) is 59.5 Å². The van der Waals surface area contributed by atoms with Gasteiger partial charge in [-0.3, -0.25) is 19.7 Å². The van der Waals surface area contributed by atoms with E-state index in [1.807, 2.05) is 54.4 Å². The summed E-state index contributed by atoms with van der Waals surface area (Å²) in [6.45, 7) is 4.88. The van der Waals surface area contributed by atoms with E-state index < -0.39 is 0 Å². The van der Waals surface area contributed by atoms with Crippen molar-refractivity contribution in [1.82, 2.24) is 19.7 Å². The van der Waals surface area contributed by atoms with E-state index in [0.717, 1.165) is 30.9 Å². The maximum absolute atomic E-state index is 13.0. The quantitative estimate of drug-likeness (QED) is 0.760. The summed E-state index contributed by atoms with van der Waals surface area (Å²) in [4.78, 5) is 33.6. The maximum Gasteiger partial charge on any atom is 0.272 e. The number of H-pyrrole nitrogens is 1. The highest BCUT2D eigenvalue weighted by Gasteiger charge is 2.22. The van der Waals surface area contributed by atoms with Gasteiger partial charge in [-0.1, -0.05) is 18.2 Å². The van der Waals surface area contributed by atoms with Crippen molar-refractivity contribution < 1.29 is 4.79 Å². The minimum atomic E-state index is -0.238. The van der Waals surface area contributed by atoms with Crippen molar-refractivity contribution in [1.29, 1.82) is 0 Å². The van der Waals surface area contributed by atoms with Crippen molar-refractivity contribution >= 4 is 11.6 Å². The van der Waals surface area contributed by atoms with Gasteiger partial charge in [0.1, 0.15) is 5.69 Å². The number of anilines is 1. The van der Waals surface area contributed by atoms with Crippen LogP contribution in [0.5, 0.6) is 0 Å². The lowest BCUT2D eigenvalue weighted by molar-refractivity contribution is 0.0760. The number of amides is 1.